The maximum absolute atomic E-state index is 12.3. The van der Waals surface area contributed by atoms with Crippen molar-refractivity contribution in [3.05, 3.63) is 40.3 Å². The van der Waals surface area contributed by atoms with Crippen LogP contribution in [0.15, 0.2) is 29.9 Å². The number of hydrogen-bond acceptors (Lipinski definition) is 7. The SMILES string of the molecule is COC(=O)c1sccc1NC(=O)CN1CCC(Oc2ccncc2C)CC1. The third-order valence-corrected chi connectivity index (χ3v) is 5.37. The Morgan fingerprint density at radius 1 is 1.33 bits per heavy atom. The molecule has 0 aliphatic carbocycles. The standard InChI is InChI=1S/C19H23N3O4S/c1-13-11-20-7-3-16(13)26-14-4-8-22(9-5-14)12-17(23)21-15-6-10-27-18(15)19(24)25-2/h3,6-7,10-11,14H,4-5,8-9,12H2,1-2H3,(H,21,23). The summed E-state index contributed by atoms with van der Waals surface area (Å²) in [7, 11) is 1.33. The number of ether oxygens (including phenoxy) is 2. The molecular formula is C19H23N3O4S. The van der Waals surface area contributed by atoms with Crippen LogP contribution in [0.3, 0.4) is 0 Å². The molecule has 3 rings (SSSR count). The molecule has 0 radical (unpaired) electrons. The van der Waals surface area contributed by atoms with Crippen LogP contribution >= 0.6 is 11.3 Å². The molecule has 1 amide bonds. The number of nitrogens with zero attached hydrogens (tertiary/aromatic N) is 2. The van der Waals surface area contributed by atoms with Crippen LogP contribution in [0.25, 0.3) is 0 Å². The number of pyridine rings is 1. The van der Waals surface area contributed by atoms with Gasteiger partial charge in [-0.1, -0.05) is 0 Å². The molecule has 0 aromatic carbocycles. The van der Waals surface area contributed by atoms with Gasteiger partial charge in [0.15, 0.2) is 0 Å². The molecule has 0 unspecified atom stereocenters. The lowest BCUT2D eigenvalue weighted by molar-refractivity contribution is -0.117. The predicted octanol–water partition coefficient (Wildman–Crippen LogP) is 2.72. The number of aryl methyl sites for hydroxylation is 1. The predicted molar refractivity (Wildman–Crippen MR) is 103 cm³/mol. The van der Waals surface area contributed by atoms with Crippen LogP contribution in [0.1, 0.15) is 28.1 Å². The summed E-state index contributed by atoms with van der Waals surface area (Å²) in [6.07, 6.45) is 5.39. The Kier molecular flexibility index (Phi) is 6.41. The Balaban J connectivity index is 1.46. The molecule has 0 bridgehead atoms. The van der Waals surface area contributed by atoms with Gasteiger partial charge in [-0.3, -0.25) is 14.7 Å². The monoisotopic (exact) mass is 389 g/mol. The van der Waals surface area contributed by atoms with Gasteiger partial charge in [-0.2, -0.15) is 0 Å². The summed E-state index contributed by atoms with van der Waals surface area (Å²) >= 11 is 1.25. The van der Waals surface area contributed by atoms with E-state index in [1.165, 1.54) is 18.4 Å². The molecule has 1 aliphatic heterocycles. The fraction of sp³-hybridized carbons (Fsp3) is 0.421. The highest BCUT2D eigenvalue weighted by Gasteiger charge is 2.23. The van der Waals surface area contributed by atoms with E-state index in [2.05, 4.69) is 15.2 Å². The second-order valence-electron chi connectivity index (χ2n) is 6.44. The number of methoxy groups -OCH3 is 1. The highest BCUT2D eigenvalue weighted by Crippen LogP contribution is 2.24. The highest BCUT2D eigenvalue weighted by atomic mass is 32.1. The van der Waals surface area contributed by atoms with Crippen molar-refractivity contribution < 1.29 is 19.1 Å². The van der Waals surface area contributed by atoms with E-state index >= 15 is 0 Å². The van der Waals surface area contributed by atoms with Crippen molar-refractivity contribution in [1.82, 2.24) is 9.88 Å². The fourth-order valence-electron chi connectivity index (χ4n) is 3.01. The number of esters is 1. The van der Waals surface area contributed by atoms with Gasteiger partial charge in [-0.25, -0.2) is 4.79 Å². The van der Waals surface area contributed by atoms with Crippen molar-refractivity contribution in [2.75, 3.05) is 32.1 Å². The molecule has 144 valence electrons. The molecule has 1 aliphatic rings. The second-order valence-corrected chi connectivity index (χ2v) is 7.35. The van der Waals surface area contributed by atoms with Gasteiger partial charge < -0.3 is 14.8 Å². The van der Waals surface area contributed by atoms with Crippen molar-refractivity contribution in [2.45, 2.75) is 25.9 Å². The van der Waals surface area contributed by atoms with E-state index in [0.29, 0.717) is 10.6 Å². The Labute approximate surface area is 162 Å². The summed E-state index contributed by atoms with van der Waals surface area (Å²) < 4.78 is 10.8. The first kappa shape index (κ1) is 19.3. The van der Waals surface area contributed by atoms with Crippen molar-refractivity contribution in [2.24, 2.45) is 0 Å². The number of piperidine rings is 1. The molecule has 1 N–H and O–H groups in total. The van der Waals surface area contributed by atoms with E-state index in [0.717, 1.165) is 37.2 Å². The second kappa shape index (κ2) is 8.96. The normalized spacial score (nSPS) is 15.3. The minimum absolute atomic E-state index is 0.136. The van der Waals surface area contributed by atoms with Gasteiger partial charge >= 0.3 is 5.97 Å². The third-order valence-electron chi connectivity index (χ3n) is 4.47. The summed E-state index contributed by atoms with van der Waals surface area (Å²) in [6, 6.07) is 3.60. The van der Waals surface area contributed by atoms with E-state index in [1.54, 1.807) is 23.8 Å². The number of hydrogen-bond donors (Lipinski definition) is 1. The molecular weight excluding hydrogens is 366 g/mol. The first-order valence-electron chi connectivity index (χ1n) is 8.82. The molecule has 8 heteroatoms. The summed E-state index contributed by atoms with van der Waals surface area (Å²) in [5.74, 6) is 0.293. The Hall–Kier alpha value is -2.45. The van der Waals surface area contributed by atoms with Gasteiger partial charge in [-0.05, 0) is 37.3 Å². The lowest BCUT2D eigenvalue weighted by Crippen LogP contribution is -2.42. The molecule has 2 aromatic heterocycles. The van der Waals surface area contributed by atoms with Crippen LogP contribution in [-0.4, -0.2) is 54.6 Å². The lowest BCUT2D eigenvalue weighted by Gasteiger charge is -2.31. The number of amides is 1. The summed E-state index contributed by atoms with van der Waals surface area (Å²) in [4.78, 5) is 30.6. The van der Waals surface area contributed by atoms with Crippen molar-refractivity contribution in [3.8, 4) is 5.75 Å². The molecule has 3 heterocycles. The van der Waals surface area contributed by atoms with Crippen LogP contribution < -0.4 is 10.1 Å². The number of carbonyl (C=O) groups excluding carboxylic acids is 2. The highest BCUT2D eigenvalue weighted by molar-refractivity contribution is 7.12. The molecule has 0 atom stereocenters. The lowest BCUT2D eigenvalue weighted by atomic mass is 10.1. The quantitative estimate of drug-likeness (QED) is 0.765. The van der Waals surface area contributed by atoms with Crippen molar-refractivity contribution in [3.63, 3.8) is 0 Å². The number of rotatable bonds is 6. The first-order valence-corrected chi connectivity index (χ1v) is 9.70. The van der Waals surface area contributed by atoms with Crippen LogP contribution in [0, 0.1) is 6.92 Å². The zero-order valence-electron chi connectivity index (χ0n) is 15.4. The van der Waals surface area contributed by atoms with Gasteiger partial charge in [0.1, 0.15) is 16.7 Å². The number of likely N-dealkylation sites (tertiary alicyclic amines) is 1. The van der Waals surface area contributed by atoms with E-state index in [1.807, 2.05) is 13.0 Å². The maximum atomic E-state index is 12.3. The molecule has 0 spiro atoms. The minimum atomic E-state index is -0.440. The number of anilines is 1. The van der Waals surface area contributed by atoms with Crippen LogP contribution in [0.5, 0.6) is 5.75 Å². The molecule has 1 fully saturated rings. The summed E-state index contributed by atoms with van der Waals surface area (Å²) in [6.45, 7) is 3.84. The minimum Gasteiger partial charge on any atom is -0.490 e. The smallest absolute Gasteiger partial charge is 0.350 e. The van der Waals surface area contributed by atoms with Crippen molar-refractivity contribution >= 4 is 28.9 Å². The van der Waals surface area contributed by atoms with Gasteiger partial charge in [0.05, 0.1) is 19.3 Å². The Morgan fingerprint density at radius 3 is 2.81 bits per heavy atom. The number of thiophene rings is 1. The summed E-state index contributed by atoms with van der Waals surface area (Å²) in [5, 5.41) is 4.56. The molecule has 7 nitrogen and oxygen atoms in total. The van der Waals surface area contributed by atoms with Crippen molar-refractivity contribution in [1.29, 1.82) is 0 Å². The van der Waals surface area contributed by atoms with Gasteiger partial charge in [0.2, 0.25) is 5.91 Å². The largest absolute Gasteiger partial charge is 0.490 e. The van der Waals surface area contributed by atoms with E-state index < -0.39 is 5.97 Å². The van der Waals surface area contributed by atoms with E-state index in [-0.39, 0.29) is 18.6 Å². The molecule has 1 saturated heterocycles. The topological polar surface area (TPSA) is 80.8 Å². The van der Waals surface area contributed by atoms with E-state index in [4.69, 9.17) is 9.47 Å². The van der Waals surface area contributed by atoms with Crippen LogP contribution in [0.2, 0.25) is 0 Å². The zero-order chi connectivity index (χ0) is 19.2. The first-order chi connectivity index (χ1) is 13.1. The molecule has 27 heavy (non-hydrogen) atoms. The van der Waals surface area contributed by atoms with Gasteiger partial charge in [0, 0.05) is 31.0 Å². The fourth-order valence-corrected chi connectivity index (χ4v) is 3.77. The molecule has 0 saturated carbocycles. The average Bonchev–Trinajstić information content (AvgIpc) is 3.12. The number of aromatic nitrogens is 1. The van der Waals surface area contributed by atoms with Gasteiger partial charge in [0.25, 0.3) is 0 Å². The average molecular weight is 389 g/mol. The Morgan fingerprint density at radius 2 is 2.11 bits per heavy atom. The number of nitrogens with one attached hydrogen (secondary N) is 1. The summed E-state index contributed by atoms with van der Waals surface area (Å²) in [5.41, 5.74) is 1.53. The van der Waals surface area contributed by atoms with Crippen LogP contribution in [-0.2, 0) is 9.53 Å². The van der Waals surface area contributed by atoms with E-state index in [9.17, 15) is 9.59 Å². The third kappa shape index (κ3) is 5.05. The zero-order valence-corrected chi connectivity index (χ0v) is 16.3. The number of carbonyl (C=O) groups is 2. The molecule has 2 aromatic rings. The van der Waals surface area contributed by atoms with Gasteiger partial charge in [-0.15, -0.1) is 11.3 Å². The Bertz CT molecular complexity index is 800. The van der Waals surface area contributed by atoms with Crippen LogP contribution in [0.4, 0.5) is 5.69 Å². The maximum Gasteiger partial charge on any atom is 0.350 e.